The number of aliphatic hydroxyl groups excluding tert-OH is 4. The molecule has 0 aromatic heterocycles. The molecule has 1 saturated heterocycles. The molecule has 16 heavy (non-hydrogen) atoms. The third-order valence-electron chi connectivity index (χ3n) is 3.20. The Balaban J connectivity index is 2.82. The molecular weight excluding hydrogens is 212 g/mol. The fraction of sp³-hybridized carbons (Fsp3) is 1.00. The Morgan fingerprint density at radius 2 is 1.56 bits per heavy atom. The van der Waals surface area contributed by atoms with Gasteiger partial charge in [0.2, 0.25) is 0 Å². The van der Waals surface area contributed by atoms with Crippen molar-refractivity contribution in [2.45, 2.75) is 58.4 Å². The highest BCUT2D eigenvalue weighted by Crippen LogP contribution is 2.32. The first-order chi connectivity index (χ1) is 7.16. The minimum absolute atomic E-state index is 0.465. The van der Waals surface area contributed by atoms with Crippen LogP contribution in [-0.4, -0.2) is 51.1 Å². The standard InChI is InChI=1S/C11H22O5/c1-5-6(12)8(9(14)11(2,3)4)16-10(15)7(5)13/h5-10,12-15H,1-4H3/t5-,6-,7+,8-,9?,10-/m0/s1. The summed E-state index contributed by atoms with van der Waals surface area (Å²) < 4.78 is 5.08. The molecule has 1 aliphatic heterocycles. The summed E-state index contributed by atoms with van der Waals surface area (Å²) in [5.74, 6) is -0.536. The largest absolute Gasteiger partial charge is 0.390 e. The highest BCUT2D eigenvalue weighted by atomic mass is 16.6. The average Bonchev–Trinajstić information content (AvgIpc) is 2.18. The van der Waals surface area contributed by atoms with Gasteiger partial charge in [-0.2, -0.15) is 0 Å². The Kier molecular flexibility index (Phi) is 3.97. The summed E-state index contributed by atoms with van der Waals surface area (Å²) in [5, 5.41) is 38.9. The lowest BCUT2D eigenvalue weighted by Gasteiger charge is -2.44. The molecule has 5 nitrogen and oxygen atoms in total. The lowest BCUT2D eigenvalue weighted by molar-refractivity contribution is -0.290. The molecule has 0 aromatic carbocycles. The van der Waals surface area contributed by atoms with Gasteiger partial charge < -0.3 is 25.2 Å². The van der Waals surface area contributed by atoms with E-state index in [1.807, 2.05) is 20.8 Å². The Morgan fingerprint density at radius 1 is 1.06 bits per heavy atom. The Bertz CT molecular complexity index is 237. The lowest BCUT2D eigenvalue weighted by atomic mass is 9.79. The summed E-state index contributed by atoms with van der Waals surface area (Å²) >= 11 is 0. The molecule has 1 unspecified atom stereocenters. The number of ether oxygens (including phenoxy) is 1. The molecule has 96 valence electrons. The van der Waals surface area contributed by atoms with Crippen molar-refractivity contribution < 1.29 is 25.2 Å². The van der Waals surface area contributed by atoms with Crippen molar-refractivity contribution in [3.05, 3.63) is 0 Å². The Morgan fingerprint density at radius 3 is 2.00 bits per heavy atom. The molecule has 1 fully saturated rings. The summed E-state index contributed by atoms with van der Waals surface area (Å²) in [5.41, 5.74) is -0.465. The van der Waals surface area contributed by atoms with Gasteiger partial charge in [-0.3, -0.25) is 0 Å². The van der Waals surface area contributed by atoms with Gasteiger partial charge in [0.05, 0.1) is 12.2 Å². The summed E-state index contributed by atoms with van der Waals surface area (Å²) in [7, 11) is 0. The summed E-state index contributed by atoms with van der Waals surface area (Å²) in [6.07, 6.45) is -5.27. The zero-order chi connectivity index (χ0) is 12.7. The first kappa shape index (κ1) is 13.9. The van der Waals surface area contributed by atoms with Crippen LogP contribution in [0.3, 0.4) is 0 Å². The van der Waals surface area contributed by atoms with Crippen molar-refractivity contribution in [3.63, 3.8) is 0 Å². The lowest BCUT2D eigenvalue weighted by Crippen LogP contribution is -2.59. The van der Waals surface area contributed by atoms with E-state index in [2.05, 4.69) is 0 Å². The summed E-state index contributed by atoms with van der Waals surface area (Å²) in [6.45, 7) is 7.06. The second-order valence-electron chi connectivity index (χ2n) is 5.64. The average molecular weight is 234 g/mol. The highest BCUT2D eigenvalue weighted by molar-refractivity contribution is 4.93. The van der Waals surface area contributed by atoms with E-state index in [0.29, 0.717) is 0 Å². The van der Waals surface area contributed by atoms with Crippen LogP contribution in [0.4, 0.5) is 0 Å². The SMILES string of the molecule is C[C@@H]1[C@@H](O)[C@@H](O)O[C@H](C(O)C(C)(C)C)[C@H]1O. The first-order valence-corrected chi connectivity index (χ1v) is 5.54. The number of aliphatic hydroxyl groups is 4. The van der Waals surface area contributed by atoms with Gasteiger partial charge in [-0.15, -0.1) is 0 Å². The predicted octanol–water partition coefficient (Wildman–Crippen LogP) is -0.532. The molecule has 0 aliphatic carbocycles. The monoisotopic (exact) mass is 234 g/mol. The zero-order valence-electron chi connectivity index (χ0n) is 10.2. The van der Waals surface area contributed by atoms with E-state index >= 15 is 0 Å². The Hall–Kier alpha value is -0.200. The molecule has 5 heteroatoms. The molecule has 1 aliphatic rings. The molecule has 1 rings (SSSR count). The molecule has 1 heterocycles. The van der Waals surface area contributed by atoms with Crippen LogP contribution < -0.4 is 0 Å². The zero-order valence-corrected chi connectivity index (χ0v) is 10.2. The fourth-order valence-electron chi connectivity index (χ4n) is 1.84. The molecular formula is C11H22O5. The number of rotatable bonds is 1. The second kappa shape index (κ2) is 4.58. The smallest absolute Gasteiger partial charge is 0.181 e. The van der Waals surface area contributed by atoms with E-state index in [4.69, 9.17) is 4.74 Å². The van der Waals surface area contributed by atoms with Crippen LogP contribution in [0.2, 0.25) is 0 Å². The molecule has 4 N–H and O–H groups in total. The van der Waals surface area contributed by atoms with E-state index in [9.17, 15) is 20.4 Å². The van der Waals surface area contributed by atoms with E-state index in [1.54, 1.807) is 6.92 Å². The van der Waals surface area contributed by atoms with Crippen LogP contribution in [0.15, 0.2) is 0 Å². The van der Waals surface area contributed by atoms with E-state index < -0.39 is 42.0 Å². The predicted molar refractivity (Wildman–Crippen MR) is 57.5 cm³/mol. The van der Waals surface area contributed by atoms with Crippen LogP contribution in [0.5, 0.6) is 0 Å². The van der Waals surface area contributed by atoms with Gasteiger partial charge >= 0.3 is 0 Å². The molecule has 0 amide bonds. The van der Waals surface area contributed by atoms with Crippen LogP contribution in [0, 0.1) is 11.3 Å². The van der Waals surface area contributed by atoms with E-state index in [-0.39, 0.29) is 0 Å². The minimum Gasteiger partial charge on any atom is -0.390 e. The van der Waals surface area contributed by atoms with Crippen molar-refractivity contribution >= 4 is 0 Å². The van der Waals surface area contributed by atoms with Gasteiger partial charge in [-0.25, -0.2) is 0 Å². The fourth-order valence-corrected chi connectivity index (χ4v) is 1.84. The van der Waals surface area contributed by atoms with Crippen LogP contribution in [0.1, 0.15) is 27.7 Å². The molecule has 0 saturated carbocycles. The topological polar surface area (TPSA) is 90.2 Å². The van der Waals surface area contributed by atoms with Crippen LogP contribution >= 0.6 is 0 Å². The van der Waals surface area contributed by atoms with Crippen molar-refractivity contribution in [1.82, 2.24) is 0 Å². The maximum Gasteiger partial charge on any atom is 0.181 e. The summed E-state index contributed by atoms with van der Waals surface area (Å²) in [6, 6.07) is 0. The van der Waals surface area contributed by atoms with Crippen molar-refractivity contribution in [3.8, 4) is 0 Å². The van der Waals surface area contributed by atoms with Crippen molar-refractivity contribution in [1.29, 1.82) is 0 Å². The summed E-state index contributed by atoms with van der Waals surface area (Å²) in [4.78, 5) is 0. The molecule has 0 aromatic rings. The maximum atomic E-state index is 10.0. The highest BCUT2D eigenvalue weighted by Gasteiger charge is 2.46. The first-order valence-electron chi connectivity index (χ1n) is 5.54. The van der Waals surface area contributed by atoms with Crippen LogP contribution in [-0.2, 0) is 4.74 Å². The van der Waals surface area contributed by atoms with E-state index in [0.717, 1.165) is 0 Å². The Labute approximate surface area is 95.7 Å². The van der Waals surface area contributed by atoms with E-state index in [1.165, 1.54) is 0 Å². The van der Waals surface area contributed by atoms with Gasteiger partial charge in [0.1, 0.15) is 12.2 Å². The molecule has 0 bridgehead atoms. The quantitative estimate of drug-likeness (QED) is 0.489. The van der Waals surface area contributed by atoms with Gasteiger partial charge in [0.25, 0.3) is 0 Å². The molecule has 0 radical (unpaired) electrons. The molecule has 0 spiro atoms. The normalized spacial score (nSPS) is 43.1. The van der Waals surface area contributed by atoms with Gasteiger partial charge in [0, 0.05) is 5.92 Å². The van der Waals surface area contributed by atoms with Gasteiger partial charge in [0.15, 0.2) is 6.29 Å². The third-order valence-corrected chi connectivity index (χ3v) is 3.20. The molecule has 6 atom stereocenters. The van der Waals surface area contributed by atoms with Gasteiger partial charge in [-0.1, -0.05) is 27.7 Å². The van der Waals surface area contributed by atoms with Crippen LogP contribution in [0.25, 0.3) is 0 Å². The second-order valence-corrected chi connectivity index (χ2v) is 5.64. The number of hydrogen-bond donors (Lipinski definition) is 4. The maximum absolute atomic E-state index is 10.0. The van der Waals surface area contributed by atoms with Crippen molar-refractivity contribution in [2.75, 3.05) is 0 Å². The number of hydrogen-bond acceptors (Lipinski definition) is 5. The van der Waals surface area contributed by atoms with Crippen molar-refractivity contribution in [2.24, 2.45) is 11.3 Å². The minimum atomic E-state index is -1.36. The van der Waals surface area contributed by atoms with Gasteiger partial charge in [-0.05, 0) is 5.41 Å². The third kappa shape index (κ3) is 2.55.